The number of furan rings is 1. The molecule has 0 spiro atoms. The first kappa shape index (κ1) is 37.0. The van der Waals surface area contributed by atoms with Crippen LogP contribution in [0.3, 0.4) is 0 Å². The first-order valence-corrected chi connectivity index (χ1v) is 17.3. The van der Waals surface area contributed by atoms with Crippen LogP contribution in [0.15, 0.2) is 95.5 Å². The molecular weight excluding hydrogens is 679 g/mol. The SMILES string of the molecule is O=C(N[C@H]1c2ccccc2OC[C@H]1O)[C@H](Cc1ccccc1)C[C@H](O)CN1CCN(Cc2ccc(-c3ccccn3)o2)C[C@H]1C(=O)NCC(F)(F)F. The van der Waals surface area contributed by atoms with Gasteiger partial charge in [-0.05, 0) is 48.7 Å². The number of benzene rings is 2. The van der Waals surface area contributed by atoms with Crippen LogP contribution in [0.25, 0.3) is 11.5 Å². The third-order valence-electron chi connectivity index (χ3n) is 9.34. The molecule has 2 aliphatic rings. The lowest BCUT2D eigenvalue weighted by Crippen LogP contribution is -2.60. The Bertz CT molecular complexity index is 1780. The van der Waals surface area contributed by atoms with Crippen LogP contribution < -0.4 is 15.4 Å². The summed E-state index contributed by atoms with van der Waals surface area (Å²) in [6, 6.07) is 23.8. The molecule has 2 aliphatic heterocycles. The summed E-state index contributed by atoms with van der Waals surface area (Å²) in [7, 11) is 0. The number of hydrogen-bond acceptors (Lipinski definition) is 9. The van der Waals surface area contributed by atoms with Crippen LogP contribution in [0.5, 0.6) is 5.75 Å². The number of carbonyl (C=O) groups excluding carboxylic acids is 2. The number of fused-ring (bicyclic) bond motifs is 1. The Morgan fingerprint density at radius 2 is 1.75 bits per heavy atom. The zero-order valence-electron chi connectivity index (χ0n) is 28.4. The van der Waals surface area contributed by atoms with Crippen LogP contribution in [0, 0.1) is 5.92 Å². The minimum atomic E-state index is -4.60. The molecule has 6 rings (SSSR count). The summed E-state index contributed by atoms with van der Waals surface area (Å²) < 4.78 is 50.9. The summed E-state index contributed by atoms with van der Waals surface area (Å²) in [4.78, 5) is 35.0. The van der Waals surface area contributed by atoms with E-state index in [-0.39, 0.29) is 45.0 Å². The molecule has 0 saturated carbocycles. The van der Waals surface area contributed by atoms with Gasteiger partial charge in [-0.2, -0.15) is 13.2 Å². The number of pyridine rings is 1. The normalized spacial score (nSPS) is 20.7. The maximum Gasteiger partial charge on any atom is 0.405 e. The highest BCUT2D eigenvalue weighted by Crippen LogP contribution is 2.32. The Morgan fingerprint density at radius 1 is 0.981 bits per heavy atom. The van der Waals surface area contributed by atoms with Crippen molar-refractivity contribution in [3.63, 3.8) is 0 Å². The smallest absolute Gasteiger partial charge is 0.405 e. The fourth-order valence-electron chi connectivity index (χ4n) is 6.77. The number of aromatic nitrogens is 1. The van der Waals surface area contributed by atoms with E-state index in [1.807, 2.05) is 52.7 Å². The highest BCUT2D eigenvalue weighted by Gasteiger charge is 2.38. The Balaban J connectivity index is 1.15. The topological polar surface area (TPSA) is 140 Å². The van der Waals surface area contributed by atoms with Gasteiger partial charge in [0.15, 0.2) is 5.76 Å². The molecule has 2 amide bonds. The summed E-state index contributed by atoms with van der Waals surface area (Å²) >= 11 is 0. The van der Waals surface area contributed by atoms with Crippen molar-refractivity contribution in [2.75, 3.05) is 39.3 Å². The molecule has 276 valence electrons. The highest BCUT2D eigenvalue weighted by molar-refractivity contribution is 5.82. The number of carbonyl (C=O) groups is 2. The zero-order chi connectivity index (χ0) is 36.7. The number of alkyl halides is 3. The Morgan fingerprint density at radius 3 is 2.52 bits per heavy atom. The molecule has 2 aromatic carbocycles. The number of aliphatic hydroxyl groups is 2. The van der Waals surface area contributed by atoms with Crippen molar-refractivity contribution < 1.29 is 42.1 Å². The van der Waals surface area contributed by atoms with E-state index in [9.17, 15) is 33.0 Å². The van der Waals surface area contributed by atoms with E-state index in [1.54, 1.807) is 53.6 Å². The van der Waals surface area contributed by atoms with E-state index in [1.165, 1.54) is 0 Å². The monoisotopic (exact) mass is 721 g/mol. The number of aliphatic hydroxyl groups excluding tert-OH is 2. The number of nitrogens with zero attached hydrogens (tertiary/aromatic N) is 3. The quantitative estimate of drug-likeness (QED) is 0.163. The van der Waals surface area contributed by atoms with Crippen molar-refractivity contribution in [1.29, 1.82) is 0 Å². The molecular formula is C38H42F3N5O6. The number of ether oxygens (including phenoxy) is 1. The highest BCUT2D eigenvalue weighted by atomic mass is 19.4. The van der Waals surface area contributed by atoms with Gasteiger partial charge in [-0.25, -0.2) is 0 Å². The minimum absolute atomic E-state index is 0.00148. The van der Waals surface area contributed by atoms with Crippen molar-refractivity contribution >= 4 is 11.8 Å². The van der Waals surface area contributed by atoms with Crippen LogP contribution in [0.4, 0.5) is 13.2 Å². The summed E-state index contributed by atoms with van der Waals surface area (Å²) in [5, 5.41) is 27.2. The fourth-order valence-corrected chi connectivity index (χ4v) is 6.77. The Labute approximate surface area is 299 Å². The number of β-amino-alcohol motifs (C(OH)–C–C–N with tert-alkyl or cyclic N) is 1. The van der Waals surface area contributed by atoms with Gasteiger partial charge in [0.1, 0.15) is 42.5 Å². The van der Waals surface area contributed by atoms with Gasteiger partial charge in [-0.15, -0.1) is 0 Å². The van der Waals surface area contributed by atoms with Gasteiger partial charge < -0.3 is 30.0 Å². The second-order valence-electron chi connectivity index (χ2n) is 13.2. The molecule has 1 fully saturated rings. The van der Waals surface area contributed by atoms with Gasteiger partial charge in [0.25, 0.3) is 0 Å². The molecule has 14 heteroatoms. The standard InChI is InChI=1S/C38H42F3N5O6/c39-38(40,41)24-43-37(50)31-22-45(21-28-13-14-34(52-28)30-11-6-7-15-42-30)16-17-46(31)20-27(47)19-26(18-25-8-2-1-3-9-25)36(49)44-35-29-10-4-5-12-33(29)51-23-32(35)48/h1-15,26-27,31-32,35,47-48H,16-24H2,(H,43,50)(H,44,49)/t26-,27+,31+,32-,35+/m1/s1. The van der Waals surface area contributed by atoms with Crippen LogP contribution in [0.2, 0.25) is 0 Å². The van der Waals surface area contributed by atoms with E-state index < -0.39 is 48.8 Å². The molecule has 1 saturated heterocycles. The van der Waals surface area contributed by atoms with Crippen LogP contribution in [-0.2, 0) is 22.6 Å². The van der Waals surface area contributed by atoms with E-state index >= 15 is 0 Å². The minimum Gasteiger partial charge on any atom is -0.490 e. The Hall–Kier alpha value is -4.76. The van der Waals surface area contributed by atoms with Crippen molar-refractivity contribution in [2.24, 2.45) is 5.92 Å². The van der Waals surface area contributed by atoms with E-state index in [2.05, 4.69) is 10.3 Å². The summed E-state index contributed by atoms with van der Waals surface area (Å²) in [5.41, 5.74) is 2.16. The van der Waals surface area contributed by atoms with Crippen LogP contribution in [-0.4, -0.2) is 101 Å². The number of hydrogen-bond donors (Lipinski definition) is 4. The summed E-state index contributed by atoms with van der Waals surface area (Å²) in [5.74, 6) is -0.180. The third-order valence-corrected chi connectivity index (χ3v) is 9.34. The van der Waals surface area contributed by atoms with Gasteiger partial charge in [-0.3, -0.25) is 24.4 Å². The molecule has 5 atom stereocenters. The lowest BCUT2D eigenvalue weighted by molar-refractivity contribution is -0.143. The number of rotatable bonds is 13. The average molecular weight is 722 g/mol. The second-order valence-corrected chi connectivity index (χ2v) is 13.2. The first-order valence-electron chi connectivity index (χ1n) is 17.3. The van der Waals surface area contributed by atoms with Gasteiger partial charge >= 0.3 is 6.18 Å². The predicted molar refractivity (Wildman–Crippen MR) is 185 cm³/mol. The van der Waals surface area contributed by atoms with E-state index in [4.69, 9.17) is 9.15 Å². The largest absolute Gasteiger partial charge is 0.490 e. The third kappa shape index (κ3) is 9.76. The van der Waals surface area contributed by atoms with E-state index in [0.29, 0.717) is 41.6 Å². The number of piperazine rings is 1. The molecule has 4 heterocycles. The number of nitrogens with one attached hydrogen (secondary N) is 2. The average Bonchev–Trinajstić information content (AvgIpc) is 3.61. The maximum atomic E-state index is 13.9. The molecule has 4 N–H and O–H groups in total. The molecule has 0 radical (unpaired) electrons. The molecule has 4 aromatic rings. The Kier molecular flexibility index (Phi) is 11.9. The molecule has 0 unspecified atom stereocenters. The van der Waals surface area contributed by atoms with Gasteiger partial charge in [0.05, 0.1) is 18.7 Å². The van der Waals surface area contributed by atoms with Crippen LogP contribution in [0.1, 0.15) is 29.3 Å². The fraction of sp³-hybridized carbons (Fsp3) is 0.395. The number of halogens is 3. The van der Waals surface area contributed by atoms with Gasteiger partial charge in [-0.1, -0.05) is 54.6 Å². The molecule has 0 bridgehead atoms. The van der Waals surface area contributed by atoms with Crippen molar-refractivity contribution in [1.82, 2.24) is 25.4 Å². The molecule has 2 aromatic heterocycles. The van der Waals surface area contributed by atoms with E-state index in [0.717, 1.165) is 5.56 Å². The molecule has 0 aliphatic carbocycles. The summed E-state index contributed by atoms with van der Waals surface area (Å²) in [6.07, 6.45) is -4.75. The van der Waals surface area contributed by atoms with Crippen LogP contribution >= 0.6 is 0 Å². The molecule has 52 heavy (non-hydrogen) atoms. The van der Waals surface area contributed by atoms with Crippen molar-refractivity contribution in [2.45, 2.75) is 49.9 Å². The van der Waals surface area contributed by atoms with Crippen molar-refractivity contribution in [3.8, 4) is 17.2 Å². The lowest BCUT2D eigenvalue weighted by atomic mass is 9.90. The van der Waals surface area contributed by atoms with Gasteiger partial charge in [0.2, 0.25) is 11.8 Å². The second kappa shape index (κ2) is 16.7. The number of amides is 2. The zero-order valence-corrected chi connectivity index (χ0v) is 28.4. The van der Waals surface area contributed by atoms with Crippen molar-refractivity contribution in [3.05, 3.63) is 108 Å². The molecule has 11 nitrogen and oxygen atoms in total. The first-order chi connectivity index (χ1) is 25.0. The van der Waals surface area contributed by atoms with Gasteiger partial charge in [0, 0.05) is 43.9 Å². The lowest BCUT2D eigenvalue weighted by Gasteiger charge is -2.41. The number of para-hydroxylation sites is 1. The maximum absolute atomic E-state index is 13.9. The predicted octanol–water partition coefficient (Wildman–Crippen LogP) is 3.73. The summed E-state index contributed by atoms with van der Waals surface area (Å²) in [6.45, 7) is -0.407.